The fraction of sp³-hybridized carbons (Fsp3) is 0.105. The Labute approximate surface area is 170 Å². The van der Waals surface area contributed by atoms with Crippen LogP contribution < -0.4 is 10.0 Å². The summed E-state index contributed by atoms with van der Waals surface area (Å²) in [6.45, 7) is 0. The van der Waals surface area contributed by atoms with E-state index in [2.05, 4.69) is 20.0 Å². The Kier molecular flexibility index (Phi) is 5.20. The second kappa shape index (κ2) is 7.80. The number of carbonyl (C=O) groups is 1. The maximum atomic E-state index is 14.5. The average molecular weight is 430 g/mol. The lowest BCUT2D eigenvalue weighted by molar-refractivity contribution is -0.116. The molecule has 3 aromatic rings. The molecular formula is C19H15FN4O3S2. The third kappa shape index (κ3) is 4.38. The molecule has 0 radical (unpaired) electrons. The largest absolute Gasteiger partial charge is 0.326 e. The summed E-state index contributed by atoms with van der Waals surface area (Å²) in [6.07, 6.45) is 3.69. The number of hydrogen-bond acceptors (Lipinski definition) is 6. The summed E-state index contributed by atoms with van der Waals surface area (Å²) >= 11 is 1.27. The van der Waals surface area contributed by atoms with Gasteiger partial charge >= 0.3 is 0 Å². The van der Waals surface area contributed by atoms with Gasteiger partial charge in [-0.25, -0.2) is 22.8 Å². The highest BCUT2D eigenvalue weighted by atomic mass is 32.2. The predicted molar refractivity (Wildman–Crippen MR) is 107 cm³/mol. The summed E-state index contributed by atoms with van der Waals surface area (Å²) in [6, 6.07) is 10.8. The van der Waals surface area contributed by atoms with Crippen molar-refractivity contribution in [3.63, 3.8) is 0 Å². The number of pyridine rings is 2. The number of carbonyl (C=O) groups excluding carboxylic acids is 1. The number of halogens is 1. The number of aromatic nitrogens is 2. The lowest BCUT2D eigenvalue weighted by Gasteiger charge is -2.18. The summed E-state index contributed by atoms with van der Waals surface area (Å²) in [5, 5.41) is 3.80. The fourth-order valence-electron chi connectivity index (χ4n) is 2.84. The van der Waals surface area contributed by atoms with Crippen LogP contribution >= 0.6 is 11.8 Å². The number of benzene rings is 1. The molecule has 10 heteroatoms. The van der Waals surface area contributed by atoms with E-state index in [0.29, 0.717) is 27.7 Å². The molecule has 2 N–H and O–H groups in total. The summed E-state index contributed by atoms with van der Waals surface area (Å²) in [5.41, 5.74) is 1.13. The Bertz CT molecular complexity index is 1190. The smallest absolute Gasteiger partial charge is 0.264 e. The molecule has 0 saturated heterocycles. The quantitative estimate of drug-likeness (QED) is 0.643. The Morgan fingerprint density at radius 2 is 1.86 bits per heavy atom. The van der Waals surface area contributed by atoms with Crippen LogP contribution in [0.2, 0.25) is 0 Å². The summed E-state index contributed by atoms with van der Waals surface area (Å²) < 4.78 is 42.4. The standard InChI is InChI=1S/C19H15FN4O3S2/c20-14-11-15-12(4-5-17(25)23-15)9-16(14)29(26,27)24-13-6-8-22-19(10-13)28-18-3-1-2-7-21-18/h1-3,6-11H,4-5H2,(H,22,24)(H,23,25). The first-order chi connectivity index (χ1) is 13.9. The van der Waals surface area contributed by atoms with Crippen molar-refractivity contribution in [1.82, 2.24) is 9.97 Å². The molecule has 4 rings (SSSR count). The fourth-order valence-corrected chi connectivity index (χ4v) is 4.77. The van der Waals surface area contributed by atoms with Gasteiger partial charge in [0, 0.05) is 24.5 Å². The van der Waals surface area contributed by atoms with Gasteiger partial charge in [0.05, 0.1) is 5.69 Å². The predicted octanol–water partition coefficient (Wildman–Crippen LogP) is 3.45. The Hall–Kier alpha value is -2.98. The van der Waals surface area contributed by atoms with Gasteiger partial charge in [0.1, 0.15) is 20.8 Å². The zero-order valence-electron chi connectivity index (χ0n) is 14.9. The summed E-state index contributed by atoms with van der Waals surface area (Å²) in [5.74, 6) is -1.16. The van der Waals surface area contributed by atoms with E-state index >= 15 is 0 Å². The minimum atomic E-state index is -4.17. The SMILES string of the molecule is O=C1CCc2cc(S(=O)(=O)Nc3ccnc(Sc4ccccn4)c3)c(F)cc2N1. The molecule has 148 valence electrons. The molecular weight excluding hydrogens is 415 g/mol. The molecule has 1 aliphatic rings. The molecule has 3 heterocycles. The molecule has 0 aliphatic carbocycles. The average Bonchev–Trinajstić information content (AvgIpc) is 2.68. The number of nitrogens with one attached hydrogen (secondary N) is 2. The highest BCUT2D eigenvalue weighted by Crippen LogP contribution is 2.30. The van der Waals surface area contributed by atoms with Crippen molar-refractivity contribution in [3.8, 4) is 0 Å². The van der Waals surface area contributed by atoms with Crippen LogP contribution in [0.4, 0.5) is 15.8 Å². The number of sulfonamides is 1. The maximum absolute atomic E-state index is 14.5. The highest BCUT2D eigenvalue weighted by molar-refractivity contribution is 7.99. The van der Waals surface area contributed by atoms with Crippen molar-refractivity contribution < 1.29 is 17.6 Å². The minimum absolute atomic E-state index is 0.222. The van der Waals surface area contributed by atoms with Crippen LogP contribution in [0, 0.1) is 5.82 Å². The van der Waals surface area contributed by atoms with E-state index < -0.39 is 20.7 Å². The molecule has 29 heavy (non-hydrogen) atoms. The van der Waals surface area contributed by atoms with Crippen molar-refractivity contribution in [2.24, 2.45) is 0 Å². The zero-order chi connectivity index (χ0) is 20.4. The first kappa shape index (κ1) is 19.3. The number of anilines is 2. The van der Waals surface area contributed by atoms with Gasteiger partial charge in [-0.3, -0.25) is 9.52 Å². The lowest BCUT2D eigenvalue weighted by atomic mass is 10.0. The van der Waals surface area contributed by atoms with Gasteiger partial charge in [-0.2, -0.15) is 0 Å². The van der Waals surface area contributed by atoms with Crippen LogP contribution in [0.25, 0.3) is 0 Å². The van der Waals surface area contributed by atoms with Crippen molar-refractivity contribution in [2.45, 2.75) is 27.8 Å². The monoisotopic (exact) mass is 430 g/mol. The van der Waals surface area contributed by atoms with E-state index in [0.717, 1.165) is 6.07 Å². The number of hydrogen-bond donors (Lipinski definition) is 2. The van der Waals surface area contributed by atoms with Gasteiger partial charge in [0.15, 0.2) is 0 Å². The van der Waals surface area contributed by atoms with Gasteiger partial charge in [0.2, 0.25) is 5.91 Å². The van der Waals surface area contributed by atoms with E-state index in [9.17, 15) is 17.6 Å². The van der Waals surface area contributed by atoms with Crippen LogP contribution in [0.3, 0.4) is 0 Å². The second-order valence-electron chi connectivity index (χ2n) is 6.25. The molecule has 0 spiro atoms. The molecule has 0 saturated carbocycles. The molecule has 7 nitrogen and oxygen atoms in total. The second-order valence-corrected chi connectivity index (χ2v) is 8.94. The molecule has 1 aliphatic heterocycles. The van der Waals surface area contributed by atoms with Crippen LogP contribution in [0.1, 0.15) is 12.0 Å². The van der Waals surface area contributed by atoms with Crippen LogP contribution in [0.5, 0.6) is 0 Å². The number of nitrogens with zero attached hydrogens (tertiary/aromatic N) is 2. The van der Waals surface area contributed by atoms with E-state index in [1.54, 1.807) is 18.3 Å². The van der Waals surface area contributed by atoms with Crippen molar-refractivity contribution in [3.05, 3.63) is 66.2 Å². The van der Waals surface area contributed by atoms with E-state index in [1.807, 2.05) is 12.1 Å². The van der Waals surface area contributed by atoms with Gasteiger partial charge in [-0.15, -0.1) is 0 Å². The van der Waals surface area contributed by atoms with Crippen LogP contribution in [-0.4, -0.2) is 24.3 Å². The van der Waals surface area contributed by atoms with E-state index in [-0.39, 0.29) is 18.0 Å². The summed E-state index contributed by atoms with van der Waals surface area (Å²) in [4.78, 5) is 19.4. The van der Waals surface area contributed by atoms with Gasteiger partial charge < -0.3 is 5.32 Å². The highest BCUT2D eigenvalue weighted by Gasteiger charge is 2.24. The van der Waals surface area contributed by atoms with Crippen molar-refractivity contribution >= 4 is 39.1 Å². The number of amides is 1. The summed E-state index contributed by atoms with van der Waals surface area (Å²) in [7, 11) is -4.17. The van der Waals surface area contributed by atoms with Gasteiger partial charge in [-0.05, 0) is 48.4 Å². The molecule has 0 atom stereocenters. The van der Waals surface area contributed by atoms with Gasteiger partial charge in [-0.1, -0.05) is 17.8 Å². The Morgan fingerprint density at radius 1 is 1.03 bits per heavy atom. The first-order valence-corrected chi connectivity index (χ1v) is 10.9. The van der Waals surface area contributed by atoms with Crippen molar-refractivity contribution in [2.75, 3.05) is 10.0 Å². The van der Waals surface area contributed by atoms with Gasteiger partial charge in [0.25, 0.3) is 10.0 Å². The molecule has 1 aromatic carbocycles. The van der Waals surface area contributed by atoms with Crippen LogP contribution in [0.15, 0.2) is 69.8 Å². The Balaban J connectivity index is 1.59. The topological polar surface area (TPSA) is 101 Å². The van der Waals surface area contributed by atoms with Crippen molar-refractivity contribution in [1.29, 1.82) is 0 Å². The zero-order valence-corrected chi connectivity index (χ0v) is 16.6. The van der Waals surface area contributed by atoms with E-state index in [4.69, 9.17) is 0 Å². The molecule has 0 fully saturated rings. The van der Waals surface area contributed by atoms with E-state index in [1.165, 1.54) is 30.1 Å². The third-order valence-corrected chi connectivity index (χ3v) is 6.46. The molecule has 0 unspecified atom stereocenters. The minimum Gasteiger partial charge on any atom is -0.326 e. The maximum Gasteiger partial charge on any atom is 0.264 e. The number of fused-ring (bicyclic) bond motifs is 1. The molecule has 2 aromatic heterocycles. The molecule has 0 bridgehead atoms. The van der Waals surface area contributed by atoms with Crippen LogP contribution in [-0.2, 0) is 21.2 Å². The number of aryl methyl sites for hydroxylation is 1. The Morgan fingerprint density at radius 3 is 2.66 bits per heavy atom. The normalized spacial score (nSPS) is 13.5. The first-order valence-electron chi connectivity index (χ1n) is 8.61. The number of rotatable bonds is 5. The third-order valence-electron chi connectivity index (χ3n) is 4.18. The lowest BCUT2D eigenvalue weighted by Crippen LogP contribution is -2.21. The molecule has 1 amide bonds.